The van der Waals surface area contributed by atoms with Crippen LogP contribution < -0.4 is 20.4 Å². The van der Waals surface area contributed by atoms with E-state index < -0.39 is 51.5 Å². The lowest BCUT2D eigenvalue weighted by molar-refractivity contribution is 0.144. The number of rotatable bonds is 6. The van der Waals surface area contributed by atoms with Gasteiger partial charge in [-0.1, -0.05) is 6.92 Å². The summed E-state index contributed by atoms with van der Waals surface area (Å²) in [6.07, 6.45) is -0.365. The number of nitrogens with zero attached hydrogens (tertiary/aromatic N) is 2. The molecule has 1 aliphatic heterocycles. The molecule has 180 valence electrons. The van der Waals surface area contributed by atoms with Gasteiger partial charge in [-0.25, -0.2) is 22.4 Å². The zero-order chi connectivity index (χ0) is 24.6. The highest BCUT2D eigenvalue weighted by Crippen LogP contribution is 2.35. The number of aromatic nitrogens is 1. The Balaban J connectivity index is 1.95. The summed E-state index contributed by atoms with van der Waals surface area (Å²) in [6.45, 7) is 4.11. The summed E-state index contributed by atoms with van der Waals surface area (Å²) in [5.41, 5.74) is -2.34. The van der Waals surface area contributed by atoms with Crippen LogP contribution in [0.2, 0.25) is 0 Å². The first-order chi connectivity index (χ1) is 16.2. The summed E-state index contributed by atoms with van der Waals surface area (Å²) in [6, 6.07) is 3.23. The molecular weight excluding hydrogens is 458 g/mol. The Kier molecular flexibility index (Phi) is 6.47. The molecule has 2 N–H and O–H groups in total. The number of hydrogen-bond acceptors (Lipinski definition) is 5. The van der Waals surface area contributed by atoms with Gasteiger partial charge >= 0.3 is 6.16 Å². The molecule has 1 fully saturated rings. The third-order valence-electron chi connectivity index (χ3n) is 5.78. The third-order valence-corrected chi connectivity index (χ3v) is 5.78. The summed E-state index contributed by atoms with van der Waals surface area (Å²) in [7, 11) is 0. The van der Waals surface area contributed by atoms with Crippen LogP contribution in [-0.2, 0) is 0 Å². The molecule has 0 saturated carbocycles. The Hall–Kier alpha value is -3.60. The van der Waals surface area contributed by atoms with E-state index in [1.807, 2.05) is 6.92 Å². The maximum atomic E-state index is 15.9. The topological polar surface area (TPSA) is 83.8 Å². The molecule has 1 saturated heterocycles. The highest BCUT2D eigenvalue weighted by molar-refractivity contribution is 5.87. The van der Waals surface area contributed by atoms with Crippen molar-refractivity contribution in [1.29, 1.82) is 0 Å². The van der Waals surface area contributed by atoms with E-state index in [-0.39, 0.29) is 17.3 Å². The van der Waals surface area contributed by atoms with Gasteiger partial charge in [-0.15, -0.1) is 0 Å². The summed E-state index contributed by atoms with van der Waals surface area (Å²) < 4.78 is 64.4. The van der Waals surface area contributed by atoms with Crippen LogP contribution in [0.3, 0.4) is 0 Å². The van der Waals surface area contributed by atoms with Crippen LogP contribution in [0.15, 0.2) is 35.3 Å². The summed E-state index contributed by atoms with van der Waals surface area (Å²) in [5.74, 6) is -4.79. The van der Waals surface area contributed by atoms with Gasteiger partial charge in [0.2, 0.25) is 5.43 Å². The smallest absolute Gasteiger partial charge is 0.449 e. The van der Waals surface area contributed by atoms with E-state index in [0.29, 0.717) is 32.1 Å². The number of nitrogens with one attached hydrogen (secondary N) is 1. The third kappa shape index (κ3) is 4.30. The van der Waals surface area contributed by atoms with Crippen LogP contribution in [0.5, 0.6) is 5.75 Å². The maximum absolute atomic E-state index is 15.9. The van der Waals surface area contributed by atoms with Gasteiger partial charge in [0, 0.05) is 19.2 Å². The molecule has 0 amide bonds. The molecule has 34 heavy (non-hydrogen) atoms. The van der Waals surface area contributed by atoms with E-state index in [1.165, 1.54) is 4.90 Å². The number of ether oxygens (including phenoxy) is 1. The average Bonchev–Trinajstić information content (AvgIpc) is 3.22. The molecule has 7 nitrogen and oxygen atoms in total. The van der Waals surface area contributed by atoms with Crippen LogP contribution in [-0.4, -0.2) is 42.0 Å². The quantitative estimate of drug-likeness (QED) is 0.410. The lowest BCUT2D eigenvalue weighted by Gasteiger charge is -2.23. The predicted octanol–water partition coefficient (Wildman–Crippen LogP) is 4.04. The number of carbonyl (C=O) groups is 1. The molecule has 2 heterocycles. The van der Waals surface area contributed by atoms with E-state index in [4.69, 9.17) is 5.11 Å². The normalized spacial score (nSPS) is 15.8. The van der Waals surface area contributed by atoms with Crippen molar-refractivity contribution in [3.8, 4) is 11.4 Å². The summed E-state index contributed by atoms with van der Waals surface area (Å²) in [4.78, 5) is 25.3. The SMILES string of the molecule is CCNCC1CCN(c2c(F)cc3c(=O)c(OC(=O)O)cn(-c4ccc(F)cc4F)c3c2F)C1. The Morgan fingerprint density at radius 2 is 1.97 bits per heavy atom. The van der Waals surface area contributed by atoms with Crippen molar-refractivity contribution in [3.05, 3.63) is 64.0 Å². The lowest BCUT2D eigenvalue weighted by Crippen LogP contribution is -2.27. The van der Waals surface area contributed by atoms with Crippen molar-refractivity contribution in [2.45, 2.75) is 13.3 Å². The maximum Gasteiger partial charge on any atom is 0.511 e. The molecule has 1 aromatic heterocycles. The molecule has 0 radical (unpaired) electrons. The van der Waals surface area contributed by atoms with Crippen LogP contribution in [0.25, 0.3) is 16.6 Å². The van der Waals surface area contributed by atoms with E-state index in [0.717, 1.165) is 35.5 Å². The lowest BCUT2D eigenvalue weighted by atomic mass is 10.1. The first-order valence-corrected chi connectivity index (χ1v) is 10.6. The second-order valence-electron chi connectivity index (χ2n) is 7.98. The Morgan fingerprint density at radius 1 is 1.21 bits per heavy atom. The summed E-state index contributed by atoms with van der Waals surface area (Å²) >= 11 is 0. The largest absolute Gasteiger partial charge is 0.511 e. The molecule has 4 rings (SSSR count). The fourth-order valence-corrected chi connectivity index (χ4v) is 4.25. The molecule has 1 aliphatic rings. The van der Waals surface area contributed by atoms with Gasteiger partial charge in [0.15, 0.2) is 11.6 Å². The second-order valence-corrected chi connectivity index (χ2v) is 7.98. The predicted molar refractivity (Wildman–Crippen MR) is 117 cm³/mol. The van der Waals surface area contributed by atoms with Gasteiger partial charge in [-0.2, -0.15) is 0 Å². The van der Waals surface area contributed by atoms with Gasteiger partial charge in [0.25, 0.3) is 0 Å². The summed E-state index contributed by atoms with van der Waals surface area (Å²) in [5, 5.41) is 11.6. The zero-order valence-electron chi connectivity index (χ0n) is 18.1. The number of benzene rings is 2. The van der Waals surface area contributed by atoms with Crippen LogP contribution in [0.4, 0.5) is 28.0 Å². The van der Waals surface area contributed by atoms with Gasteiger partial charge in [0.1, 0.15) is 23.1 Å². The van der Waals surface area contributed by atoms with E-state index in [2.05, 4.69) is 10.1 Å². The number of fused-ring (bicyclic) bond motifs is 1. The number of halogens is 4. The highest BCUT2D eigenvalue weighted by atomic mass is 19.1. The van der Waals surface area contributed by atoms with Gasteiger partial charge < -0.3 is 24.6 Å². The van der Waals surface area contributed by atoms with E-state index in [1.54, 1.807) is 0 Å². The van der Waals surface area contributed by atoms with Crippen molar-refractivity contribution >= 4 is 22.7 Å². The Morgan fingerprint density at radius 3 is 2.65 bits per heavy atom. The molecule has 11 heteroatoms. The van der Waals surface area contributed by atoms with Gasteiger partial charge in [0.05, 0.1) is 22.8 Å². The first-order valence-electron chi connectivity index (χ1n) is 10.6. The molecule has 0 spiro atoms. The second kappa shape index (κ2) is 9.34. The zero-order valence-corrected chi connectivity index (χ0v) is 18.1. The molecular formula is C23H21F4N3O4. The molecule has 1 atom stereocenters. The minimum atomic E-state index is -1.84. The van der Waals surface area contributed by atoms with Gasteiger partial charge in [-0.3, -0.25) is 4.79 Å². The number of anilines is 1. The molecule has 2 aromatic carbocycles. The minimum absolute atomic E-state index is 0.150. The highest BCUT2D eigenvalue weighted by Gasteiger charge is 2.30. The average molecular weight is 479 g/mol. The van der Waals surface area contributed by atoms with Crippen LogP contribution in [0.1, 0.15) is 13.3 Å². The van der Waals surface area contributed by atoms with E-state index in [9.17, 15) is 18.4 Å². The first kappa shape index (κ1) is 23.6. The molecule has 0 bridgehead atoms. The molecule has 3 aromatic rings. The van der Waals surface area contributed by atoms with Crippen molar-refractivity contribution < 1.29 is 32.2 Å². The molecule has 0 aliphatic carbocycles. The standard InChI is InChI=1S/C23H21F4N3O4/c1-2-28-9-12-5-6-29(10-12)21-16(26)8-14-20(19(21)27)30(11-18(22(14)31)34-23(32)33)17-4-3-13(24)7-15(17)25/h3-4,7-8,11-12,28H,2,5-6,9-10H2,1H3,(H,32,33). The van der Waals surface area contributed by atoms with Crippen molar-refractivity contribution in [2.24, 2.45) is 5.92 Å². The monoisotopic (exact) mass is 479 g/mol. The fraction of sp³-hybridized carbons (Fsp3) is 0.304. The van der Waals surface area contributed by atoms with E-state index >= 15 is 8.78 Å². The Bertz CT molecular complexity index is 1330. The van der Waals surface area contributed by atoms with Gasteiger partial charge in [-0.05, 0) is 43.6 Å². The number of hydrogen-bond donors (Lipinski definition) is 2. The van der Waals surface area contributed by atoms with Crippen LogP contribution >= 0.6 is 0 Å². The van der Waals surface area contributed by atoms with Crippen LogP contribution in [0, 0.1) is 29.2 Å². The fourth-order valence-electron chi connectivity index (χ4n) is 4.25. The van der Waals surface area contributed by atoms with Crippen molar-refractivity contribution in [1.82, 2.24) is 9.88 Å². The number of carboxylic acid groups (broad SMARTS) is 1. The van der Waals surface area contributed by atoms with Crippen molar-refractivity contribution in [3.63, 3.8) is 0 Å². The van der Waals surface area contributed by atoms with Crippen molar-refractivity contribution in [2.75, 3.05) is 31.1 Å². The minimum Gasteiger partial charge on any atom is -0.449 e. The number of pyridine rings is 1. The molecule has 1 unspecified atom stereocenters. The Labute approximate surface area is 191 Å².